The summed E-state index contributed by atoms with van der Waals surface area (Å²) in [6.07, 6.45) is 0. The lowest BCUT2D eigenvalue weighted by atomic mass is 10.4. The molecule has 0 aliphatic carbocycles. The van der Waals surface area contributed by atoms with E-state index in [9.17, 15) is 8.42 Å². The predicted octanol–water partition coefficient (Wildman–Crippen LogP) is 1.89. The maximum atomic E-state index is 12.2. The third-order valence-electron chi connectivity index (χ3n) is 2.55. The monoisotopic (exact) mass is 276 g/mol. The molecule has 17 heavy (non-hydrogen) atoms. The molecular weight excluding hydrogens is 256 g/mol. The van der Waals surface area contributed by atoms with Gasteiger partial charge in [0.25, 0.3) is 10.0 Å². The zero-order chi connectivity index (χ0) is 13.1. The Morgan fingerprint density at radius 3 is 2.59 bits per heavy atom. The van der Waals surface area contributed by atoms with Crippen LogP contribution in [-0.4, -0.2) is 32.4 Å². The van der Waals surface area contributed by atoms with E-state index in [0.29, 0.717) is 4.21 Å². The first-order valence-electron chi connectivity index (χ1n) is 5.67. The molecule has 0 amide bonds. The lowest BCUT2D eigenvalue weighted by Gasteiger charge is -2.19. The fourth-order valence-electron chi connectivity index (χ4n) is 1.26. The van der Waals surface area contributed by atoms with Crippen molar-refractivity contribution in [2.45, 2.75) is 37.6 Å². The van der Waals surface area contributed by atoms with E-state index < -0.39 is 10.0 Å². The Hall–Kier alpha value is -0.430. The summed E-state index contributed by atoms with van der Waals surface area (Å²) < 4.78 is 26.2. The lowest BCUT2D eigenvalue weighted by molar-refractivity contribution is 0.412. The van der Waals surface area contributed by atoms with Crippen LogP contribution in [0.15, 0.2) is 16.3 Å². The topological polar surface area (TPSA) is 49.4 Å². The van der Waals surface area contributed by atoms with Crippen LogP contribution in [0.2, 0.25) is 0 Å². The van der Waals surface area contributed by atoms with Gasteiger partial charge in [-0.1, -0.05) is 6.92 Å². The summed E-state index contributed by atoms with van der Waals surface area (Å²) in [4.78, 5) is 1.04. The SMILES string of the molecule is CCNCc1ccc(S(=O)(=O)N(C)C(C)C)s1. The quantitative estimate of drug-likeness (QED) is 0.863. The van der Waals surface area contributed by atoms with E-state index in [0.717, 1.165) is 18.0 Å². The number of hydrogen-bond donors (Lipinski definition) is 1. The summed E-state index contributed by atoms with van der Waals surface area (Å²) >= 11 is 1.33. The van der Waals surface area contributed by atoms with E-state index in [2.05, 4.69) is 5.32 Å². The first-order valence-corrected chi connectivity index (χ1v) is 7.92. The van der Waals surface area contributed by atoms with Gasteiger partial charge in [-0.2, -0.15) is 4.31 Å². The first-order chi connectivity index (χ1) is 7.89. The van der Waals surface area contributed by atoms with E-state index in [1.165, 1.54) is 15.6 Å². The molecule has 1 N–H and O–H groups in total. The maximum Gasteiger partial charge on any atom is 0.252 e. The minimum absolute atomic E-state index is 0.0284. The van der Waals surface area contributed by atoms with E-state index in [1.807, 2.05) is 26.8 Å². The van der Waals surface area contributed by atoms with Gasteiger partial charge in [-0.05, 0) is 32.5 Å². The van der Waals surface area contributed by atoms with E-state index in [4.69, 9.17) is 0 Å². The van der Waals surface area contributed by atoms with Crippen LogP contribution >= 0.6 is 11.3 Å². The van der Waals surface area contributed by atoms with Crippen molar-refractivity contribution in [1.82, 2.24) is 9.62 Å². The molecule has 98 valence electrons. The Balaban J connectivity index is 2.89. The summed E-state index contributed by atoms with van der Waals surface area (Å²) in [5, 5.41) is 3.18. The molecule has 0 radical (unpaired) electrons. The van der Waals surface area contributed by atoms with Crippen molar-refractivity contribution in [2.75, 3.05) is 13.6 Å². The molecule has 0 atom stereocenters. The van der Waals surface area contributed by atoms with Crippen LogP contribution in [0.25, 0.3) is 0 Å². The number of nitrogens with zero attached hydrogens (tertiary/aromatic N) is 1. The third-order valence-corrected chi connectivity index (χ3v) is 6.13. The van der Waals surface area contributed by atoms with Gasteiger partial charge in [-0.3, -0.25) is 0 Å². The highest BCUT2D eigenvalue weighted by Gasteiger charge is 2.24. The Morgan fingerprint density at radius 1 is 1.41 bits per heavy atom. The molecule has 1 aromatic rings. The van der Waals surface area contributed by atoms with Crippen LogP contribution in [0.4, 0.5) is 0 Å². The maximum absolute atomic E-state index is 12.2. The van der Waals surface area contributed by atoms with Gasteiger partial charge in [0.2, 0.25) is 0 Å². The van der Waals surface area contributed by atoms with Gasteiger partial charge in [-0.25, -0.2) is 8.42 Å². The molecule has 1 heterocycles. The molecule has 0 fully saturated rings. The molecular formula is C11H20N2O2S2. The second-order valence-electron chi connectivity index (χ2n) is 4.12. The largest absolute Gasteiger partial charge is 0.312 e. The third kappa shape index (κ3) is 3.51. The van der Waals surface area contributed by atoms with Crippen molar-refractivity contribution in [3.63, 3.8) is 0 Å². The summed E-state index contributed by atoms with van der Waals surface area (Å²) in [5.74, 6) is 0. The van der Waals surface area contributed by atoms with Gasteiger partial charge in [0.15, 0.2) is 0 Å². The molecule has 1 aromatic heterocycles. The van der Waals surface area contributed by atoms with Gasteiger partial charge in [-0.15, -0.1) is 11.3 Å². The molecule has 0 aliphatic heterocycles. The number of thiophene rings is 1. The molecule has 0 saturated carbocycles. The highest BCUT2D eigenvalue weighted by Crippen LogP contribution is 2.25. The zero-order valence-electron chi connectivity index (χ0n) is 10.7. The van der Waals surface area contributed by atoms with Gasteiger partial charge in [0, 0.05) is 24.5 Å². The number of sulfonamides is 1. The average Bonchev–Trinajstić information content (AvgIpc) is 2.74. The fraction of sp³-hybridized carbons (Fsp3) is 0.636. The van der Waals surface area contributed by atoms with Crippen LogP contribution in [0.3, 0.4) is 0 Å². The van der Waals surface area contributed by atoms with E-state index in [1.54, 1.807) is 13.1 Å². The highest BCUT2D eigenvalue weighted by molar-refractivity contribution is 7.91. The molecule has 6 heteroatoms. The van der Waals surface area contributed by atoms with Gasteiger partial charge in [0.1, 0.15) is 4.21 Å². The summed E-state index contributed by atoms with van der Waals surface area (Å²) in [7, 11) is -1.70. The smallest absolute Gasteiger partial charge is 0.252 e. The van der Waals surface area contributed by atoms with Crippen molar-refractivity contribution in [3.05, 3.63) is 17.0 Å². The molecule has 0 unspecified atom stereocenters. The molecule has 1 rings (SSSR count). The van der Waals surface area contributed by atoms with Crippen LogP contribution in [0.1, 0.15) is 25.6 Å². The van der Waals surface area contributed by atoms with Crippen LogP contribution in [0, 0.1) is 0 Å². The van der Waals surface area contributed by atoms with Crippen molar-refractivity contribution in [3.8, 4) is 0 Å². The zero-order valence-corrected chi connectivity index (χ0v) is 12.4. The van der Waals surface area contributed by atoms with Crippen LogP contribution in [-0.2, 0) is 16.6 Å². The highest BCUT2D eigenvalue weighted by atomic mass is 32.2. The summed E-state index contributed by atoms with van der Waals surface area (Å²) in [6.45, 7) is 7.36. The fourth-order valence-corrected chi connectivity index (χ4v) is 4.14. The molecule has 0 aromatic carbocycles. The molecule has 4 nitrogen and oxygen atoms in total. The molecule has 0 aliphatic rings. The van der Waals surface area contributed by atoms with Gasteiger partial charge in [0.05, 0.1) is 0 Å². The summed E-state index contributed by atoms with van der Waals surface area (Å²) in [6, 6.07) is 3.53. The molecule has 0 spiro atoms. The Bertz CT molecular complexity index is 452. The predicted molar refractivity (Wildman–Crippen MR) is 71.8 cm³/mol. The minimum Gasteiger partial charge on any atom is -0.312 e. The Labute approximate surface area is 108 Å². The van der Waals surface area contributed by atoms with E-state index in [-0.39, 0.29) is 6.04 Å². The Morgan fingerprint density at radius 2 is 2.06 bits per heavy atom. The van der Waals surface area contributed by atoms with Crippen molar-refractivity contribution >= 4 is 21.4 Å². The molecule has 0 bridgehead atoms. The number of rotatable bonds is 6. The lowest BCUT2D eigenvalue weighted by Crippen LogP contribution is -2.32. The normalized spacial score (nSPS) is 12.6. The van der Waals surface area contributed by atoms with Gasteiger partial charge >= 0.3 is 0 Å². The van der Waals surface area contributed by atoms with Crippen molar-refractivity contribution in [2.24, 2.45) is 0 Å². The Kier molecular flexibility index (Phi) is 5.12. The minimum atomic E-state index is -3.32. The standard InChI is InChI=1S/C11H20N2O2S2/c1-5-12-8-10-6-7-11(16-10)17(14,15)13(4)9(2)3/h6-7,9,12H,5,8H2,1-4H3. The van der Waals surface area contributed by atoms with Gasteiger partial charge < -0.3 is 5.32 Å². The average molecular weight is 276 g/mol. The first kappa shape index (κ1) is 14.6. The second kappa shape index (κ2) is 5.95. The van der Waals surface area contributed by atoms with Crippen molar-refractivity contribution < 1.29 is 8.42 Å². The van der Waals surface area contributed by atoms with Crippen LogP contribution < -0.4 is 5.32 Å². The summed E-state index contributed by atoms with van der Waals surface area (Å²) in [5.41, 5.74) is 0. The van der Waals surface area contributed by atoms with Crippen molar-refractivity contribution in [1.29, 1.82) is 0 Å². The molecule has 0 saturated heterocycles. The second-order valence-corrected chi connectivity index (χ2v) is 7.51. The van der Waals surface area contributed by atoms with Crippen LogP contribution in [0.5, 0.6) is 0 Å². The number of nitrogens with one attached hydrogen (secondary N) is 1. The van der Waals surface area contributed by atoms with E-state index >= 15 is 0 Å². The number of hydrogen-bond acceptors (Lipinski definition) is 4.